The number of ether oxygens (including phenoxy) is 1. The summed E-state index contributed by atoms with van der Waals surface area (Å²) >= 11 is 5.81. The van der Waals surface area contributed by atoms with E-state index in [2.05, 4.69) is 5.32 Å². The number of halogens is 1. The summed E-state index contributed by atoms with van der Waals surface area (Å²) in [5, 5.41) is 13.4. The van der Waals surface area contributed by atoms with E-state index in [4.69, 9.17) is 16.3 Å². The van der Waals surface area contributed by atoms with E-state index in [1.165, 1.54) is 0 Å². The molecule has 0 saturated carbocycles. The molecule has 1 aromatic carbocycles. The van der Waals surface area contributed by atoms with Gasteiger partial charge in [0.05, 0.1) is 19.3 Å². The molecule has 2 rings (SSSR count). The quantitative estimate of drug-likeness (QED) is 0.849. The van der Waals surface area contributed by atoms with E-state index in [1.807, 2.05) is 24.3 Å². The van der Waals surface area contributed by atoms with Crippen LogP contribution in [0.25, 0.3) is 0 Å². The SMILES string of the molecule is OCC(Nc1ccc(Cl)cc1)C1CCOC1. The van der Waals surface area contributed by atoms with Crippen molar-refractivity contribution < 1.29 is 9.84 Å². The molecular weight excluding hydrogens is 226 g/mol. The van der Waals surface area contributed by atoms with E-state index in [-0.39, 0.29) is 12.6 Å². The third kappa shape index (κ3) is 2.88. The summed E-state index contributed by atoms with van der Waals surface area (Å²) in [6, 6.07) is 7.57. The lowest BCUT2D eigenvalue weighted by atomic mass is 9.99. The van der Waals surface area contributed by atoms with Gasteiger partial charge in [-0.05, 0) is 30.7 Å². The van der Waals surface area contributed by atoms with E-state index in [0.29, 0.717) is 5.92 Å². The van der Waals surface area contributed by atoms with Crippen molar-refractivity contribution in [3.63, 3.8) is 0 Å². The van der Waals surface area contributed by atoms with Crippen LogP contribution in [-0.4, -0.2) is 31.0 Å². The minimum Gasteiger partial charge on any atom is -0.394 e. The molecule has 2 N–H and O–H groups in total. The number of nitrogens with one attached hydrogen (secondary N) is 1. The molecule has 0 amide bonds. The zero-order chi connectivity index (χ0) is 11.4. The Bertz CT molecular complexity index is 322. The monoisotopic (exact) mass is 241 g/mol. The van der Waals surface area contributed by atoms with Gasteiger partial charge in [-0.15, -0.1) is 0 Å². The molecule has 2 unspecified atom stereocenters. The predicted molar refractivity (Wildman–Crippen MR) is 64.9 cm³/mol. The lowest BCUT2D eigenvalue weighted by Crippen LogP contribution is -2.32. The molecule has 3 nitrogen and oxygen atoms in total. The van der Waals surface area contributed by atoms with Gasteiger partial charge in [0.2, 0.25) is 0 Å². The first-order valence-corrected chi connectivity index (χ1v) is 5.88. The first kappa shape index (κ1) is 11.7. The van der Waals surface area contributed by atoms with Crippen LogP contribution in [0.1, 0.15) is 6.42 Å². The molecule has 0 spiro atoms. The molecule has 0 radical (unpaired) electrons. The number of hydrogen-bond acceptors (Lipinski definition) is 3. The third-order valence-electron chi connectivity index (χ3n) is 2.93. The second-order valence-corrected chi connectivity index (χ2v) is 4.50. The summed E-state index contributed by atoms with van der Waals surface area (Å²) in [4.78, 5) is 0. The number of rotatable bonds is 4. The molecule has 4 heteroatoms. The number of benzene rings is 1. The van der Waals surface area contributed by atoms with Crippen molar-refractivity contribution in [2.45, 2.75) is 12.5 Å². The van der Waals surface area contributed by atoms with Crippen molar-refractivity contribution in [3.8, 4) is 0 Å². The average molecular weight is 242 g/mol. The Balaban J connectivity index is 1.97. The van der Waals surface area contributed by atoms with E-state index in [1.54, 1.807) is 0 Å². The Morgan fingerprint density at radius 2 is 2.19 bits per heavy atom. The van der Waals surface area contributed by atoms with Crippen LogP contribution in [0, 0.1) is 5.92 Å². The standard InChI is InChI=1S/C12H16ClNO2/c13-10-1-3-11(4-2-10)14-12(7-15)9-5-6-16-8-9/h1-4,9,12,14-15H,5-8H2. The van der Waals surface area contributed by atoms with Crippen molar-refractivity contribution in [2.75, 3.05) is 25.1 Å². The van der Waals surface area contributed by atoms with Gasteiger partial charge in [-0.3, -0.25) is 0 Å². The predicted octanol–water partition coefficient (Wildman–Crippen LogP) is 2.15. The van der Waals surface area contributed by atoms with E-state index < -0.39 is 0 Å². The maximum Gasteiger partial charge on any atom is 0.0636 e. The number of hydrogen-bond donors (Lipinski definition) is 2. The molecule has 0 aromatic heterocycles. The van der Waals surface area contributed by atoms with Crippen molar-refractivity contribution in [3.05, 3.63) is 29.3 Å². The fourth-order valence-electron chi connectivity index (χ4n) is 1.94. The van der Waals surface area contributed by atoms with Crippen molar-refractivity contribution in [1.29, 1.82) is 0 Å². The van der Waals surface area contributed by atoms with Crippen LogP contribution in [0.5, 0.6) is 0 Å². The topological polar surface area (TPSA) is 41.5 Å². The van der Waals surface area contributed by atoms with Crippen molar-refractivity contribution >= 4 is 17.3 Å². The maximum absolute atomic E-state index is 9.36. The highest BCUT2D eigenvalue weighted by atomic mass is 35.5. The zero-order valence-corrected chi connectivity index (χ0v) is 9.78. The molecule has 1 saturated heterocycles. The Hall–Kier alpha value is -0.770. The van der Waals surface area contributed by atoms with Gasteiger partial charge in [-0.25, -0.2) is 0 Å². The Labute approximate surface area is 100 Å². The number of anilines is 1. The fraction of sp³-hybridized carbons (Fsp3) is 0.500. The fourth-order valence-corrected chi connectivity index (χ4v) is 2.07. The van der Waals surface area contributed by atoms with Gasteiger partial charge in [-0.2, -0.15) is 0 Å². The van der Waals surface area contributed by atoms with Gasteiger partial charge in [0.15, 0.2) is 0 Å². The minimum atomic E-state index is 0.0590. The van der Waals surface area contributed by atoms with E-state index in [9.17, 15) is 5.11 Å². The largest absolute Gasteiger partial charge is 0.394 e. The van der Waals surface area contributed by atoms with E-state index in [0.717, 1.165) is 30.3 Å². The van der Waals surface area contributed by atoms with E-state index >= 15 is 0 Å². The molecule has 1 aromatic rings. The highest BCUT2D eigenvalue weighted by molar-refractivity contribution is 6.30. The first-order valence-electron chi connectivity index (χ1n) is 5.50. The minimum absolute atomic E-state index is 0.0590. The Kier molecular flexibility index (Phi) is 4.04. The lowest BCUT2D eigenvalue weighted by Gasteiger charge is -2.22. The van der Waals surface area contributed by atoms with Crippen molar-refractivity contribution in [2.24, 2.45) is 5.92 Å². The summed E-state index contributed by atoms with van der Waals surface area (Å²) in [6.07, 6.45) is 1.01. The second-order valence-electron chi connectivity index (χ2n) is 4.06. The van der Waals surface area contributed by atoms with Crippen LogP contribution in [0.4, 0.5) is 5.69 Å². The Morgan fingerprint density at radius 3 is 2.75 bits per heavy atom. The van der Waals surface area contributed by atoms with Crippen LogP contribution in [-0.2, 0) is 4.74 Å². The number of aliphatic hydroxyl groups is 1. The lowest BCUT2D eigenvalue weighted by molar-refractivity contribution is 0.170. The third-order valence-corrected chi connectivity index (χ3v) is 3.18. The summed E-state index contributed by atoms with van der Waals surface area (Å²) in [6.45, 7) is 1.64. The smallest absolute Gasteiger partial charge is 0.0636 e. The molecule has 2 atom stereocenters. The maximum atomic E-state index is 9.36. The zero-order valence-electron chi connectivity index (χ0n) is 9.03. The normalized spacial score (nSPS) is 22.0. The molecule has 1 heterocycles. The van der Waals surface area contributed by atoms with Gasteiger partial charge in [0, 0.05) is 23.2 Å². The summed E-state index contributed by atoms with van der Waals surface area (Å²) < 4.78 is 5.32. The van der Waals surface area contributed by atoms with Gasteiger partial charge >= 0.3 is 0 Å². The van der Waals surface area contributed by atoms with Gasteiger partial charge in [0.25, 0.3) is 0 Å². The van der Waals surface area contributed by atoms with Crippen LogP contribution in [0.2, 0.25) is 5.02 Å². The van der Waals surface area contributed by atoms with Gasteiger partial charge in [0.1, 0.15) is 0 Å². The van der Waals surface area contributed by atoms with Crippen LogP contribution in [0.3, 0.4) is 0 Å². The van der Waals surface area contributed by atoms with Crippen molar-refractivity contribution in [1.82, 2.24) is 0 Å². The molecule has 0 aliphatic carbocycles. The molecule has 16 heavy (non-hydrogen) atoms. The molecule has 1 aliphatic heterocycles. The van der Waals surface area contributed by atoms with Crippen LogP contribution >= 0.6 is 11.6 Å². The Morgan fingerprint density at radius 1 is 1.44 bits per heavy atom. The molecule has 1 fully saturated rings. The number of aliphatic hydroxyl groups excluding tert-OH is 1. The first-order chi connectivity index (χ1) is 7.79. The molecule has 0 bridgehead atoms. The second kappa shape index (κ2) is 5.53. The molecule has 1 aliphatic rings. The average Bonchev–Trinajstić information content (AvgIpc) is 2.82. The highest BCUT2D eigenvalue weighted by Gasteiger charge is 2.24. The summed E-state index contributed by atoms with van der Waals surface area (Å²) in [5.74, 6) is 0.390. The molecular formula is C12H16ClNO2. The summed E-state index contributed by atoms with van der Waals surface area (Å²) in [5.41, 5.74) is 0.982. The van der Waals surface area contributed by atoms with Gasteiger partial charge in [-0.1, -0.05) is 11.6 Å². The molecule has 88 valence electrons. The summed E-state index contributed by atoms with van der Waals surface area (Å²) in [7, 11) is 0. The van der Waals surface area contributed by atoms with Gasteiger partial charge < -0.3 is 15.2 Å². The van der Waals surface area contributed by atoms with Crippen LogP contribution < -0.4 is 5.32 Å². The highest BCUT2D eigenvalue weighted by Crippen LogP contribution is 2.21. The van der Waals surface area contributed by atoms with Crippen LogP contribution in [0.15, 0.2) is 24.3 Å².